The minimum atomic E-state index is -3.21. The Morgan fingerprint density at radius 3 is 2.70 bits per heavy atom. The number of hydrogen-bond donors (Lipinski definition) is 1. The van der Waals surface area contributed by atoms with E-state index in [4.69, 9.17) is 0 Å². The first-order valence-corrected chi connectivity index (χ1v) is 9.04. The molecular weight excluding hydrogens is 270 g/mol. The highest BCUT2D eigenvalue weighted by atomic mass is 32.2. The second-order valence-electron chi connectivity index (χ2n) is 5.86. The molecule has 1 aliphatic carbocycles. The SMILES string of the molecule is CCNC1CCCC(S(=O)(=O)c2cc(C)ccc2C)C1. The van der Waals surface area contributed by atoms with E-state index in [0.29, 0.717) is 10.9 Å². The molecule has 2 unspecified atom stereocenters. The van der Waals surface area contributed by atoms with E-state index in [9.17, 15) is 8.42 Å². The van der Waals surface area contributed by atoms with E-state index in [1.807, 2.05) is 32.0 Å². The van der Waals surface area contributed by atoms with Gasteiger partial charge in [0, 0.05) is 6.04 Å². The fraction of sp³-hybridized carbons (Fsp3) is 0.625. The summed E-state index contributed by atoms with van der Waals surface area (Å²) < 4.78 is 25.8. The molecule has 4 heteroatoms. The summed E-state index contributed by atoms with van der Waals surface area (Å²) in [7, 11) is -3.21. The van der Waals surface area contributed by atoms with Crippen molar-refractivity contribution in [3.63, 3.8) is 0 Å². The van der Waals surface area contributed by atoms with Gasteiger partial charge in [-0.3, -0.25) is 0 Å². The predicted octanol–water partition coefficient (Wildman–Crippen LogP) is 3.00. The van der Waals surface area contributed by atoms with Crippen molar-refractivity contribution in [3.05, 3.63) is 29.3 Å². The van der Waals surface area contributed by atoms with Crippen LogP contribution in [0.1, 0.15) is 43.7 Å². The number of nitrogens with one attached hydrogen (secondary N) is 1. The van der Waals surface area contributed by atoms with E-state index in [2.05, 4.69) is 12.2 Å². The zero-order valence-electron chi connectivity index (χ0n) is 12.6. The van der Waals surface area contributed by atoms with E-state index in [-0.39, 0.29) is 5.25 Å². The molecular formula is C16H25NO2S. The summed E-state index contributed by atoms with van der Waals surface area (Å²) in [6, 6.07) is 6.05. The fourth-order valence-electron chi connectivity index (χ4n) is 3.09. The third-order valence-corrected chi connectivity index (χ3v) is 6.57. The second-order valence-corrected chi connectivity index (χ2v) is 8.05. The summed E-state index contributed by atoms with van der Waals surface area (Å²) in [5, 5.41) is 3.16. The molecule has 2 rings (SSSR count). The van der Waals surface area contributed by atoms with Crippen molar-refractivity contribution in [2.45, 2.75) is 62.6 Å². The minimum absolute atomic E-state index is 0.235. The van der Waals surface area contributed by atoms with Gasteiger partial charge in [0.25, 0.3) is 0 Å². The molecule has 2 atom stereocenters. The molecule has 0 heterocycles. The van der Waals surface area contributed by atoms with Crippen LogP contribution in [0, 0.1) is 13.8 Å². The van der Waals surface area contributed by atoms with Crippen LogP contribution in [0.15, 0.2) is 23.1 Å². The van der Waals surface area contributed by atoms with Crippen molar-refractivity contribution < 1.29 is 8.42 Å². The number of sulfone groups is 1. The molecule has 0 aliphatic heterocycles. The normalized spacial score (nSPS) is 23.8. The molecule has 3 nitrogen and oxygen atoms in total. The van der Waals surface area contributed by atoms with Gasteiger partial charge >= 0.3 is 0 Å². The van der Waals surface area contributed by atoms with Gasteiger partial charge in [-0.1, -0.05) is 25.5 Å². The molecule has 0 saturated heterocycles. The maximum absolute atomic E-state index is 12.9. The molecule has 20 heavy (non-hydrogen) atoms. The van der Waals surface area contributed by atoms with Crippen LogP contribution < -0.4 is 5.32 Å². The molecule has 1 saturated carbocycles. The molecule has 0 spiro atoms. The van der Waals surface area contributed by atoms with Gasteiger partial charge in [-0.15, -0.1) is 0 Å². The van der Waals surface area contributed by atoms with Crippen molar-refractivity contribution in [2.24, 2.45) is 0 Å². The molecule has 0 radical (unpaired) electrons. The van der Waals surface area contributed by atoms with Crippen LogP contribution in [-0.4, -0.2) is 26.3 Å². The van der Waals surface area contributed by atoms with Crippen LogP contribution in [-0.2, 0) is 9.84 Å². The van der Waals surface area contributed by atoms with Gasteiger partial charge in [0.15, 0.2) is 9.84 Å². The minimum Gasteiger partial charge on any atom is -0.314 e. The zero-order chi connectivity index (χ0) is 14.8. The molecule has 0 bridgehead atoms. The van der Waals surface area contributed by atoms with Gasteiger partial charge in [0.05, 0.1) is 10.1 Å². The first-order valence-electron chi connectivity index (χ1n) is 7.49. The summed E-state index contributed by atoms with van der Waals surface area (Å²) in [4.78, 5) is 0.527. The average molecular weight is 295 g/mol. The van der Waals surface area contributed by atoms with E-state index in [0.717, 1.165) is 43.4 Å². The molecule has 1 N–H and O–H groups in total. The first kappa shape index (κ1) is 15.5. The van der Waals surface area contributed by atoms with Crippen LogP contribution in [0.3, 0.4) is 0 Å². The summed E-state index contributed by atoms with van der Waals surface area (Å²) in [6.07, 6.45) is 3.61. The maximum Gasteiger partial charge on any atom is 0.181 e. The Morgan fingerprint density at radius 1 is 1.25 bits per heavy atom. The lowest BCUT2D eigenvalue weighted by Gasteiger charge is -2.29. The Morgan fingerprint density at radius 2 is 2.00 bits per heavy atom. The van der Waals surface area contributed by atoms with Gasteiger partial charge in [0.2, 0.25) is 0 Å². The molecule has 1 aliphatic rings. The quantitative estimate of drug-likeness (QED) is 0.929. The standard InChI is InChI=1S/C16H25NO2S/c1-4-17-14-6-5-7-15(11-14)20(18,19)16-10-12(2)8-9-13(16)3/h8-10,14-15,17H,4-7,11H2,1-3H3. The predicted molar refractivity (Wildman–Crippen MR) is 82.8 cm³/mol. The topological polar surface area (TPSA) is 46.2 Å². The summed E-state index contributed by atoms with van der Waals surface area (Å²) >= 11 is 0. The Hall–Kier alpha value is -0.870. The molecule has 0 amide bonds. The zero-order valence-corrected chi connectivity index (χ0v) is 13.5. The lowest BCUT2D eigenvalue weighted by molar-refractivity contribution is 0.377. The van der Waals surface area contributed by atoms with E-state index in [1.165, 1.54) is 0 Å². The first-order chi connectivity index (χ1) is 9.45. The smallest absolute Gasteiger partial charge is 0.181 e. The molecule has 0 aromatic heterocycles. The number of hydrogen-bond acceptors (Lipinski definition) is 3. The lowest BCUT2D eigenvalue weighted by atomic mass is 9.95. The van der Waals surface area contributed by atoms with E-state index >= 15 is 0 Å². The van der Waals surface area contributed by atoms with Crippen LogP contribution >= 0.6 is 0 Å². The summed E-state index contributed by atoms with van der Waals surface area (Å²) in [6.45, 7) is 6.81. The number of benzene rings is 1. The fourth-order valence-corrected chi connectivity index (χ4v) is 5.28. The van der Waals surface area contributed by atoms with Gasteiger partial charge in [-0.2, -0.15) is 0 Å². The monoisotopic (exact) mass is 295 g/mol. The van der Waals surface area contributed by atoms with Crippen LogP contribution in [0.4, 0.5) is 0 Å². The van der Waals surface area contributed by atoms with Crippen molar-refractivity contribution in [3.8, 4) is 0 Å². The van der Waals surface area contributed by atoms with Crippen LogP contribution in [0.5, 0.6) is 0 Å². The van der Waals surface area contributed by atoms with Gasteiger partial charge in [-0.25, -0.2) is 8.42 Å². The summed E-state index contributed by atoms with van der Waals surface area (Å²) in [5.41, 5.74) is 1.87. The van der Waals surface area contributed by atoms with Crippen LogP contribution in [0.2, 0.25) is 0 Å². The molecule has 1 fully saturated rings. The van der Waals surface area contributed by atoms with Crippen molar-refractivity contribution in [2.75, 3.05) is 6.54 Å². The molecule has 1 aromatic carbocycles. The van der Waals surface area contributed by atoms with Gasteiger partial charge in [0.1, 0.15) is 0 Å². The van der Waals surface area contributed by atoms with Crippen molar-refractivity contribution >= 4 is 9.84 Å². The third-order valence-electron chi connectivity index (χ3n) is 4.21. The Bertz CT molecular complexity index is 564. The van der Waals surface area contributed by atoms with Crippen molar-refractivity contribution in [1.29, 1.82) is 0 Å². The second kappa shape index (κ2) is 6.27. The Kier molecular flexibility index (Phi) is 4.86. The number of rotatable bonds is 4. The number of aryl methyl sites for hydroxylation is 2. The third kappa shape index (κ3) is 3.23. The van der Waals surface area contributed by atoms with Crippen molar-refractivity contribution in [1.82, 2.24) is 5.32 Å². The van der Waals surface area contributed by atoms with E-state index < -0.39 is 9.84 Å². The van der Waals surface area contributed by atoms with E-state index in [1.54, 1.807) is 0 Å². The van der Waals surface area contributed by atoms with Gasteiger partial charge in [-0.05, 0) is 56.8 Å². The lowest BCUT2D eigenvalue weighted by Crippen LogP contribution is -2.39. The highest BCUT2D eigenvalue weighted by Gasteiger charge is 2.33. The summed E-state index contributed by atoms with van der Waals surface area (Å²) in [5.74, 6) is 0. The molecule has 1 aromatic rings. The largest absolute Gasteiger partial charge is 0.314 e. The Labute approximate surface area is 122 Å². The molecule has 112 valence electrons. The van der Waals surface area contributed by atoms with Gasteiger partial charge < -0.3 is 5.32 Å². The maximum atomic E-state index is 12.9. The Balaban J connectivity index is 2.27. The van der Waals surface area contributed by atoms with Crippen LogP contribution in [0.25, 0.3) is 0 Å². The highest BCUT2D eigenvalue weighted by Crippen LogP contribution is 2.30. The average Bonchev–Trinajstić information content (AvgIpc) is 2.42. The highest BCUT2D eigenvalue weighted by molar-refractivity contribution is 7.92.